The zero-order chi connectivity index (χ0) is 78.7. The lowest BCUT2D eigenvalue weighted by Crippen LogP contribution is -2.21. The lowest BCUT2D eigenvalue weighted by Gasteiger charge is -1.81. The summed E-state index contributed by atoms with van der Waals surface area (Å²) in [5.74, 6) is 0. The molecule has 0 aliphatic carbocycles. The van der Waals surface area contributed by atoms with Crippen LogP contribution in [0.4, 0.5) is 0 Å². The summed E-state index contributed by atoms with van der Waals surface area (Å²) in [5, 5.41) is 0. The molecule has 16 saturated heterocycles. The molecule has 16 fully saturated rings. The zero-order valence-electron chi connectivity index (χ0n) is 69.4. The third kappa shape index (κ3) is 351. The van der Waals surface area contributed by atoms with Gasteiger partial charge in [-0.3, -0.25) is 21.7 Å². The van der Waals surface area contributed by atoms with E-state index in [0.717, 1.165) is 106 Å². The van der Waals surface area contributed by atoms with Crippen LogP contribution in [0.2, 0.25) is 0 Å². The normalized spacial score (nSPS) is 27.3. The number of hydrogen-bond donors (Lipinski definition) is 18. The molecule has 620 valence electrons. The number of nitrogens with one attached hydrogen (secondary N) is 4. The van der Waals surface area contributed by atoms with Crippen LogP contribution in [0.5, 0.6) is 0 Å². The summed E-state index contributed by atoms with van der Waals surface area (Å²) in [6.07, 6.45) is 9.33. The van der Waals surface area contributed by atoms with Crippen LogP contribution in [0.15, 0.2) is 0 Å². The Hall–Kier alpha value is -1.36. The first-order chi connectivity index (χ1) is 46.1. The molecule has 0 saturated carbocycles. The van der Waals surface area contributed by atoms with Crippen molar-refractivity contribution in [2.24, 2.45) is 68.8 Å². The number of hydrazine groups is 2. The minimum absolute atomic E-state index is 0. The molecule has 34 nitrogen and oxygen atoms in total. The summed E-state index contributed by atoms with van der Waals surface area (Å²) in [5.41, 5.74) is 64.7. The van der Waals surface area contributed by atoms with E-state index in [4.69, 9.17) is 75.8 Å². The Balaban J connectivity index is -0.0000000509. The average molecular weight is 1460 g/mol. The number of ether oxygens (including phenoxy) is 16. The first-order valence-electron chi connectivity index (χ1n) is 33.6. The summed E-state index contributed by atoms with van der Waals surface area (Å²) < 4.78 is 75.3. The molecule has 16 rings (SSSR count). The minimum atomic E-state index is 0. The van der Waals surface area contributed by atoms with Crippen molar-refractivity contribution >= 4 is 0 Å². The molecular formula is C64H178N18O16. The first kappa shape index (κ1) is 136. The van der Waals surface area contributed by atoms with Crippen molar-refractivity contribution < 1.29 is 75.8 Å². The lowest BCUT2D eigenvalue weighted by atomic mass is 10.6. The maximum absolute atomic E-state index is 4.71. The standard InChI is InChI=1S/16C3H6O.2C2H8N2.12CH5N.2H3N/c16*1-3-2-4-3;2*1-3-4-2;12*1-2;;/h16*3H,2H2,1H3;2*3-4H,1-2H3;12*2H2,1H3;2*1H3. The second-order valence-electron chi connectivity index (χ2n) is 19.3. The van der Waals surface area contributed by atoms with E-state index in [1.54, 1.807) is 0 Å². The van der Waals surface area contributed by atoms with Gasteiger partial charge < -0.3 is 157 Å². The van der Waals surface area contributed by atoms with E-state index in [1.165, 1.54) is 84.6 Å². The van der Waals surface area contributed by atoms with Gasteiger partial charge in [-0.15, -0.1) is 0 Å². The molecule has 0 aromatic carbocycles. The van der Waals surface area contributed by atoms with Gasteiger partial charge in [0.25, 0.3) is 0 Å². The van der Waals surface area contributed by atoms with Gasteiger partial charge in [0, 0.05) is 0 Å². The highest BCUT2D eigenvalue weighted by Crippen LogP contribution is 2.09. The molecule has 16 heterocycles. The molecule has 0 spiro atoms. The topological polar surface area (TPSA) is 631 Å². The van der Waals surface area contributed by atoms with E-state index in [9.17, 15) is 0 Å². The van der Waals surface area contributed by atoms with Gasteiger partial charge in [0.05, 0.1) is 203 Å². The third-order valence-electron chi connectivity index (χ3n) is 8.50. The lowest BCUT2D eigenvalue weighted by molar-refractivity contribution is 0.423. The predicted molar refractivity (Wildman–Crippen MR) is 414 cm³/mol. The summed E-state index contributed by atoms with van der Waals surface area (Å²) in [4.78, 5) is 0. The van der Waals surface area contributed by atoms with Crippen molar-refractivity contribution in [3.8, 4) is 0 Å². The number of hydrogen-bond acceptors (Lipinski definition) is 34. The van der Waals surface area contributed by atoms with E-state index in [2.05, 4.69) is 201 Å². The van der Waals surface area contributed by atoms with Crippen LogP contribution in [-0.2, 0) is 75.8 Å². The van der Waals surface area contributed by atoms with E-state index >= 15 is 0 Å². The van der Waals surface area contributed by atoms with E-state index in [-0.39, 0.29) is 12.3 Å². The smallest absolute Gasteiger partial charge is 0.0781 e. The van der Waals surface area contributed by atoms with Gasteiger partial charge >= 0.3 is 0 Å². The monoisotopic (exact) mass is 1460 g/mol. The maximum Gasteiger partial charge on any atom is 0.0781 e. The Labute approximate surface area is 603 Å². The van der Waals surface area contributed by atoms with E-state index in [1.807, 2.05) is 28.2 Å². The summed E-state index contributed by atoms with van der Waals surface area (Å²) in [6, 6.07) is 0. The molecule has 16 unspecified atom stereocenters. The van der Waals surface area contributed by atoms with Gasteiger partial charge in [0.15, 0.2) is 0 Å². The van der Waals surface area contributed by atoms with E-state index in [0.29, 0.717) is 97.7 Å². The van der Waals surface area contributed by atoms with Gasteiger partial charge in [-0.2, -0.15) is 0 Å². The summed E-state index contributed by atoms with van der Waals surface area (Å²) in [7, 11) is 25.3. The van der Waals surface area contributed by atoms with Gasteiger partial charge in [-0.1, -0.05) is 0 Å². The highest BCUT2D eigenvalue weighted by Gasteiger charge is 2.18. The van der Waals surface area contributed by atoms with Crippen LogP contribution < -0.4 is 103 Å². The molecule has 16 aliphatic rings. The average Bonchev–Trinajstić information content (AvgIpc) is 4.41. The van der Waals surface area contributed by atoms with Crippen molar-refractivity contribution in [1.82, 2.24) is 34.0 Å². The fourth-order valence-electron chi connectivity index (χ4n) is 1.54. The molecule has 34 N–H and O–H groups in total. The molecule has 16 atom stereocenters. The Kier molecular flexibility index (Phi) is 174. The largest absolute Gasteiger partial charge is 0.373 e. The van der Waals surface area contributed by atoms with Crippen LogP contribution in [0.3, 0.4) is 0 Å². The third-order valence-corrected chi connectivity index (χ3v) is 8.50. The predicted octanol–water partition coefficient (Wildman–Crippen LogP) is 0.385. The molecule has 16 aliphatic heterocycles. The van der Waals surface area contributed by atoms with Gasteiger partial charge in [-0.05, 0) is 224 Å². The van der Waals surface area contributed by atoms with Gasteiger partial charge in [0.2, 0.25) is 0 Å². The number of epoxide rings is 16. The Morgan fingerprint density at radius 2 is 0.163 bits per heavy atom. The summed E-state index contributed by atoms with van der Waals surface area (Å²) in [6.45, 7) is 48.7. The van der Waals surface area contributed by atoms with Crippen molar-refractivity contribution in [1.29, 1.82) is 0 Å². The van der Waals surface area contributed by atoms with Crippen LogP contribution >= 0.6 is 0 Å². The Morgan fingerprint density at radius 3 is 0.163 bits per heavy atom. The maximum atomic E-state index is 4.71. The SMILES string of the molecule is CC1CO1.CC1CO1.CC1CO1.CC1CO1.CC1CO1.CC1CO1.CC1CO1.CC1CO1.CC1CO1.CC1CO1.CC1CO1.CC1CO1.CC1CO1.CC1CO1.CC1CO1.CC1CO1.CN.CN.CN.CN.CN.CN.CN.CN.CN.CN.CN.CN.CNNC.CNNC.N.N. The Morgan fingerprint density at radius 1 is 0.143 bits per heavy atom. The highest BCUT2D eigenvalue weighted by atomic mass is 16.6. The van der Waals surface area contributed by atoms with Crippen LogP contribution in [0.25, 0.3) is 0 Å². The van der Waals surface area contributed by atoms with Gasteiger partial charge in [0.1, 0.15) is 0 Å². The van der Waals surface area contributed by atoms with Crippen molar-refractivity contribution in [3.05, 3.63) is 0 Å². The molecule has 34 heteroatoms. The van der Waals surface area contributed by atoms with Crippen LogP contribution in [0, 0.1) is 0 Å². The van der Waals surface area contributed by atoms with Crippen molar-refractivity contribution in [2.45, 2.75) is 208 Å². The zero-order valence-corrected chi connectivity index (χ0v) is 69.4. The van der Waals surface area contributed by atoms with Crippen molar-refractivity contribution in [3.63, 3.8) is 0 Å². The molecule has 98 heavy (non-hydrogen) atoms. The number of nitrogens with two attached hydrogens (primary N) is 12. The van der Waals surface area contributed by atoms with Gasteiger partial charge in [-0.25, -0.2) is 0 Å². The molecule has 0 amide bonds. The van der Waals surface area contributed by atoms with Crippen molar-refractivity contribution in [2.75, 3.05) is 218 Å². The van der Waals surface area contributed by atoms with E-state index < -0.39 is 0 Å². The molecule has 0 aromatic heterocycles. The number of rotatable bonds is 2. The molecule has 0 radical (unpaired) electrons. The first-order valence-corrected chi connectivity index (χ1v) is 33.6. The molecule has 0 bridgehead atoms. The fourth-order valence-corrected chi connectivity index (χ4v) is 1.54. The Bertz CT molecular complexity index is 807. The molecular weight excluding hydrogens is 1280 g/mol. The fraction of sp³-hybridized carbons (Fsp3) is 1.00. The quantitative estimate of drug-likeness (QED) is 0.131. The minimum Gasteiger partial charge on any atom is -0.373 e. The highest BCUT2D eigenvalue weighted by molar-refractivity contribution is 4.63. The van der Waals surface area contributed by atoms with Crippen LogP contribution in [-0.4, -0.2) is 316 Å². The van der Waals surface area contributed by atoms with Crippen LogP contribution in [0.1, 0.15) is 111 Å². The molecule has 0 aromatic rings. The summed E-state index contributed by atoms with van der Waals surface area (Å²) >= 11 is 0. The second kappa shape index (κ2) is 125. The second-order valence-corrected chi connectivity index (χ2v) is 19.3.